The Morgan fingerprint density at radius 3 is 2.59 bits per heavy atom. The molecule has 0 saturated carbocycles. The van der Waals surface area contributed by atoms with Gasteiger partial charge in [-0.15, -0.1) is 0 Å². The van der Waals surface area contributed by atoms with Crippen molar-refractivity contribution < 1.29 is 14.7 Å². The lowest BCUT2D eigenvalue weighted by Gasteiger charge is -2.30. The van der Waals surface area contributed by atoms with E-state index >= 15 is 0 Å². The molecule has 3 heterocycles. The first-order valence-corrected chi connectivity index (χ1v) is 9.54. The van der Waals surface area contributed by atoms with Gasteiger partial charge in [-0.05, 0) is 18.9 Å². The van der Waals surface area contributed by atoms with Crippen molar-refractivity contribution in [3.05, 3.63) is 53.6 Å². The number of aryl methyl sites for hydroxylation is 1. The molecular formula is C21H25N3O3. The SMILES string of the molecule is Cc1cn2c(n1)[C@H](C)C[C@H](C(=O)N1C[C@H](C(=O)O)[C@@H](c3ccccc3)C1)C2. The Bertz CT molecular complexity index is 861. The number of fused-ring (bicyclic) bond motifs is 1. The van der Waals surface area contributed by atoms with Gasteiger partial charge in [0.2, 0.25) is 5.91 Å². The molecule has 2 aliphatic heterocycles. The molecule has 0 aliphatic carbocycles. The molecule has 27 heavy (non-hydrogen) atoms. The first kappa shape index (κ1) is 17.8. The normalized spacial score (nSPS) is 27.4. The zero-order chi connectivity index (χ0) is 19.1. The maximum Gasteiger partial charge on any atom is 0.308 e. The lowest BCUT2D eigenvalue weighted by atomic mass is 9.89. The van der Waals surface area contributed by atoms with E-state index in [9.17, 15) is 14.7 Å². The van der Waals surface area contributed by atoms with Crippen LogP contribution in [0.2, 0.25) is 0 Å². The van der Waals surface area contributed by atoms with Crippen LogP contribution < -0.4 is 0 Å². The van der Waals surface area contributed by atoms with Crippen molar-refractivity contribution in [2.45, 2.75) is 38.6 Å². The quantitative estimate of drug-likeness (QED) is 0.905. The summed E-state index contributed by atoms with van der Waals surface area (Å²) in [5, 5.41) is 9.68. The fourth-order valence-electron chi connectivity index (χ4n) is 4.66. The van der Waals surface area contributed by atoms with Gasteiger partial charge in [0.25, 0.3) is 0 Å². The van der Waals surface area contributed by atoms with E-state index in [0.717, 1.165) is 23.5 Å². The van der Waals surface area contributed by atoms with Crippen LogP contribution in [0.15, 0.2) is 36.5 Å². The van der Waals surface area contributed by atoms with Gasteiger partial charge in [0.05, 0.1) is 17.5 Å². The Morgan fingerprint density at radius 2 is 1.89 bits per heavy atom. The molecule has 6 heteroatoms. The molecule has 6 nitrogen and oxygen atoms in total. The Kier molecular flexibility index (Phi) is 4.50. The zero-order valence-corrected chi connectivity index (χ0v) is 15.7. The summed E-state index contributed by atoms with van der Waals surface area (Å²) in [4.78, 5) is 31.3. The molecule has 1 amide bonds. The third-order valence-electron chi connectivity index (χ3n) is 5.95. The highest BCUT2D eigenvalue weighted by Gasteiger charge is 2.43. The lowest BCUT2D eigenvalue weighted by Crippen LogP contribution is -2.39. The van der Waals surface area contributed by atoms with Crippen molar-refractivity contribution in [2.75, 3.05) is 13.1 Å². The van der Waals surface area contributed by atoms with E-state index in [4.69, 9.17) is 0 Å². The largest absolute Gasteiger partial charge is 0.481 e. The van der Waals surface area contributed by atoms with Gasteiger partial charge >= 0.3 is 5.97 Å². The number of carboxylic acid groups (broad SMARTS) is 1. The second kappa shape index (κ2) is 6.83. The highest BCUT2D eigenvalue weighted by molar-refractivity contribution is 5.81. The van der Waals surface area contributed by atoms with Crippen LogP contribution in [0.4, 0.5) is 0 Å². The van der Waals surface area contributed by atoms with Crippen molar-refractivity contribution in [3.8, 4) is 0 Å². The van der Waals surface area contributed by atoms with Crippen LogP contribution in [-0.4, -0.2) is 44.5 Å². The van der Waals surface area contributed by atoms with Gasteiger partial charge in [-0.1, -0.05) is 37.3 Å². The van der Waals surface area contributed by atoms with Gasteiger partial charge in [0.1, 0.15) is 5.82 Å². The molecule has 2 aromatic rings. The minimum atomic E-state index is -0.830. The van der Waals surface area contributed by atoms with Crippen LogP contribution in [0.1, 0.15) is 42.3 Å². The summed E-state index contributed by atoms with van der Waals surface area (Å²) < 4.78 is 2.09. The predicted octanol–water partition coefficient (Wildman–Crippen LogP) is 2.64. The lowest BCUT2D eigenvalue weighted by molar-refractivity contribution is -0.142. The number of carboxylic acids is 1. The number of likely N-dealkylation sites (tertiary alicyclic amines) is 1. The van der Waals surface area contributed by atoms with Gasteiger partial charge in [-0.3, -0.25) is 9.59 Å². The average molecular weight is 367 g/mol. The molecule has 0 spiro atoms. The molecular weight excluding hydrogens is 342 g/mol. The van der Waals surface area contributed by atoms with E-state index in [1.165, 1.54) is 0 Å². The Morgan fingerprint density at radius 1 is 1.15 bits per heavy atom. The van der Waals surface area contributed by atoms with Crippen LogP contribution in [0.3, 0.4) is 0 Å². The number of hydrogen-bond donors (Lipinski definition) is 1. The van der Waals surface area contributed by atoms with Gasteiger partial charge in [-0.2, -0.15) is 0 Å². The molecule has 1 saturated heterocycles. The number of hydrogen-bond acceptors (Lipinski definition) is 3. The summed E-state index contributed by atoms with van der Waals surface area (Å²) in [5.41, 5.74) is 1.96. The highest BCUT2D eigenvalue weighted by Crippen LogP contribution is 2.36. The molecule has 0 radical (unpaired) electrons. The van der Waals surface area contributed by atoms with Crippen LogP contribution in [0.25, 0.3) is 0 Å². The third-order valence-corrected chi connectivity index (χ3v) is 5.95. The number of carbonyl (C=O) groups excluding carboxylic acids is 1. The van der Waals surface area contributed by atoms with Crippen molar-refractivity contribution in [1.82, 2.24) is 14.5 Å². The molecule has 4 atom stereocenters. The van der Waals surface area contributed by atoms with Gasteiger partial charge in [0.15, 0.2) is 0 Å². The molecule has 1 fully saturated rings. The molecule has 1 N–H and O–H groups in total. The van der Waals surface area contributed by atoms with Gasteiger partial charge < -0.3 is 14.6 Å². The fourth-order valence-corrected chi connectivity index (χ4v) is 4.66. The monoisotopic (exact) mass is 367 g/mol. The number of aromatic nitrogens is 2. The standard InChI is InChI=1S/C21H25N3O3/c1-13-8-16(10-23-9-14(2)22-19(13)23)20(25)24-11-17(18(12-24)21(26)27)15-6-4-3-5-7-15/h3-7,9,13,16-18H,8,10-12H2,1-2H3,(H,26,27)/t13-,16+,17-,18+/m1/s1. The maximum atomic E-state index is 13.2. The molecule has 4 rings (SSSR count). The van der Waals surface area contributed by atoms with Gasteiger partial charge in [0, 0.05) is 37.7 Å². The summed E-state index contributed by atoms with van der Waals surface area (Å²) in [6, 6.07) is 9.68. The molecule has 0 bridgehead atoms. The van der Waals surface area contributed by atoms with Crippen LogP contribution in [0, 0.1) is 18.8 Å². The zero-order valence-electron chi connectivity index (χ0n) is 15.7. The van der Waals surface area contributed by atoms with Crippen LogP contribution in [-0.2, 0) is 16.1 Å². The summed E-state index contributed by atoms with van der Waals surface area (Å²) in [6.45, 7) is 5.46. The second-order valence-corrected chi connectivity index (χ2v) is 7.93. The van der Waals surface area contributed by atoms with Crippen molar-refractivity contribution >= 4 is 11.9 Å². The van der Waals surface area contributed by atoms with E-state index in [1.54, 1.807) is 4.90 Å². The van der Waals surface area contributed by atoms with Crippen molar-refractivity contribution in [3.63, 3.8) is 0 Å². The number of aliphatic carboxylic acids is 1. The first-order chi connectivity index (χ1) is 12.9. The minimum absolute atomic E-state index is 0.0727. The minimum Gasteiger partial charge on any atom is -0.481 e. The van der Waals surface area contributed by atoms with Crippen LogP contribution in [0.5, 0.6) is 0 Å². The summed E-state index contributed by atoms with van der Waals surface area (Å²) >= 11 is 0. The number of carbonyl (C=O) groups is 2. The van der Waals surface area contributed by atoms with Crippen molar-refractivity contribution in [2.24, 2.45) is 11.8 Å². The number of rotatable bonds is 3. The smallest absolute Gasteiger partial charge is 0.308 e. The maximum absolute atomic E-state index is 13.2. The molecule has 1 aromatic heterocycles. The summed E-state index contributed by atoms with van der Waals surface area (Å²) in [6.07, 6.45) is 2.77. The predicted molar refractivity (Wildman–Crippen MR) is 100 cm³/mol. The van der Waals surface area contributed by atoms with Crippen molar-refractivity contribution in [1.29, 1.82) is 0 Å². The molecule has 2 aliphatic rings. The molecule has 142 valence electrons. The Hall–Kier alpha value is -2.63. The van der Waals surface area contributed by atoms with E-state index in [1.807, 2.05) is 43.5 Å². The fraction of sp³-hybridized carbons (Fsp3) is 0.476. The summed E-state index contributed by atoms with van der Waals surface area (Å²) in [5.74, 6) is -0.312. The summed E-state index contributed by atoms with van der Waals surface area (Å²) in [7, 11) is 0. The number of amides is 1. The van der Waals surface area contributed by atoms with E-state index in [-0.39, 0.29) is 30.2 Å². The molecule has 0 unspecified atom stereocenters. The van der Waals surface area contributed by atoms with Gasteiger partial charge in [-0.25, -0.2) is 4.98 Å². The van der Waals surface area contributed by atoms with E-state index in [2.05, 4.69) is 16.5 Å². The highest BCUT2D eigenvalue weighted by atomic mass is 16.4. The first-order valence-electron chi connectivity index (χ1n) is 9.54. The van der Waals surface area contributed by atoms with Crippen LogP contribution >= 0.6 is 0 Å². The van der Waals surface area contributed by atoms with E-state index in [0.29, 0.717) is 13.1 Å². The second-order valence-electron chi connectivity index (χ2n) is 7.93. The third kappa shape index (κ3) is 3.24. The van der Waals surface area contributed by atoms with E-state index < -0.39 is 11.9 Å². The Labute approximate surface area is 158 Å². The Balaban J connectivity index is 1.53. The molecule has 1 aromatic carbocycles. The average Bonchev–Trinajstić information content (AvgIpc) is 3.25. The number of nitrogens with zero attached hydrogens (tertiary/aromatic N) is 3. The number of imidazole rings is 1. The topological polar surface area (TPSA) is 75.4 Å². The number of benzene rings is 1.